The zero-order chi connectivity index (χ0) is 15.4. The van der Waals surface area contributed by atoms with Gasteiger partial charge in [-0.15, -0.1) is 0 Å². The number of hydrogen-bond acceptors (Lipinski definition) is 2. The highest BCUT2D eigenvalue weighted by Gasteiger charge is 2.27. The molecule has 1 aliphatic carbocycles. The number of aryl methyl sites for hydroxylation is 2. The van der Waals surface area contributed by atoms with Crippen LogP contribution in [0, 0.1) is 19.8 Å². The van der Waals surface area contributed by atoms with E-state index in [9.17, 15) is 0 Å². The number of nitrogens with one attached hydrogen (secondary N) is 1. The van der Waals surface area contributed by atoms with E-state index in [2.05, 4.69) is 63.0 Å². The molecule has 0 spiro atoms. The predicted molar refractivity (Wildman–Crippen MR) is 91.8 cm³/mol. The summed E-state index contributed by atoms with van der Waals surface area (Å²) in [6, 6.07) is 8.01. The van der Waals surface area contributed by atoms with Crippen molar-refractivity contribution in [3.8, 4) is 0 Å². The average Bonchev–Trinajstić information content (AvgIpc) is 3.19. The molecule has 1 fully saturated rings. The van der Waals surface area contributed by atoms with E-state index in [1.54, 1.807) is 0 Å². The minimum absolute atomic E-state index is 0.440. The molecule has 1 N–H and O–H groups in total. The number of hydrogen-bond donors (Lipinski definition) is 1. The van der Waals surface area contributed by atoms with E-state index in [1.807, 2.05) is 0 Å². The quantitative estimate of drug-likeness (QED) is 0.775. The van der Waals surface area contributed by atoms with Crippen molar-refractivity contribution in [3.63, 3.8) is 0 Å². The standard InChI is InChI=1S/C19H32N2/c1-6-20-19(18-10-15(4)9-16(5)11-18)13-21(14(2)3)12-17-7-8-17/h9-11,14,17,19-20H,6-8,12-13H2,1-5H3. The van der Waals surface area contributed by atoms with Crippen molar-refractivity contribution < 1.29 is 0 Å². The summed E-state index contributed by atoms with van der Waals surface area (Å²) < 4.78 is 0. The molecule has 1 aromatic carbocycles. The lowest BCUT2D eigenvalue weighted by Gasteiger charge is -2.31. The summed E-state index contributed by atoms with van der Waals surface area (Å²) in [6.07, 6.45) is 2.86. The van der Waals surface area contributed by atoms with Gasteiger partial charge in [-0.3, -0.25) is 4.90 Å². The van der Waals surface area contributed by atoms with E-state index in [4.69, 9.17) is 0 Å². The van der Waals surface area contributed by atoms with E-state index in [0.717, 1.165) is 19.0 Å². The van der Waals surface area contributed by atoms with Gasteiger partial charge >= 0.3 is 0 Å². The van der Waals surface area contributed by atoms with Gasteiger partial charge in [0.05, 0.1) is 0 Å². The van der Waals surface area contributed by atoms with Gasteiger partial charge in [0.1, 0.15) is 0 Å². The average molecular weight is 288 g/mol. The highest BCUT2D eigenvalue weighted by molar-refractivity contribution is 5.31. The summed E-state index contributed by atoms with van der Waals surface area (Å²) in [4.78, 5) is 2.66. The largest absolute Gasteiger partial charge is 0.309 e. The summed E-state index contributed by atoms with van der Waals surface area (Å²) in [5.41, 5.74) is 4.17. The van der Waals surface area contributed by atoms with E-state index in [0.29, 0.717) is 12.1 Å². The molecule has 0 bridgehead atoms. The van der Waals surface area contributed by atoms with Gasteiger partial charge in [0, 0.05) is 25.2 Å². The lowest BCUT2D eigenvalue weighted by atomic mass is 10.00. The first kappa shape index (κ1) is 16.5. The van der Waals surface area contributed by atoms with E-state index >= 15 is 0 Å². The minimum atomic E-state index is 0.440. The Kier molecular flexibility index (Phi) is 5.83. The molecule has 2 heteroatoms. The molecule has 1 saturated carbocycles. The molecule has 0 aromatic heterocycles. The number of rotatable bonds is 8. The second-order valence-electron chi connectivity index (χ2n) is 7.02. The van der Waals surface area contributed by atoms with Crippen LogP contribution in [0.3, 0.4) is 0 Å². The normalized spacial score (nSPS) is 16.7. The Labute approximate surface area is 130 Å². The topological polar surface area (TPSA) is 15.3 Å². The molecule has 0 aliphatic heterocycles. The van der Waals surface area contributed by atoms with Crippen LogP contribution in [0.4, 0.5) is 0 Å². The van der Waals surface area contributed by atoms with Gasteiger partial charge in [-0.1, -0.05) is 36.2 Å². The molecule has 21 heavy (non-hydrogen) atoms. The summed E-state index contributed by atoms with van der Waals surface area (Å²) in [5.74, 6) is 0.953. The fraction of sp³-hybridized carbons (Fsp3) is 0.684. The third-order valence-electron chi connectivity index (χ3n) is 4.43. The Morgan fingerprint density at radius 2 is 1.76 bits per heavy atom. The maximum Gasteiger partial charge on any atom is 0.0449 e. The fourth-order valence-electron chi connectivity index (χ4n) is 3.11. The van der Waals surface area contributed by atoms with Gasteiger partial charge < -0.3 is 5.32 Å². The van der Waals surface area contributed by atoms with Crippen LogP contribution in [0.25, 0.3) is 0 Å². The first-order valence-electron chi connectivity index (χ1n) is 8.55. The van der Waals surface area contributed by atoms with Crippen LogP contribution in [0.1, 0.15) is 56.3 Å². The molecule has 0 saturated heterocycles. The van der Waals surface area contributed by atoms with Crippen molar-refractivity contribution in [3.05, 3.63) is 34.9 Å². The molecular formula is C19H32N2. The monoisotopic (exact) mass is 288 g/mol. The molecule has 1 unspecified atom stereocenters. The summed E-state index contributed by atoms with van der Waals surface area (Å²) >= 11 is 0. The fourth-order valence-corrected chi connectivity index (χ4v) is 3.11. The zero-order valence-electron chi connectivity index (χ0n) is 14.4. The molecule has 0 radical (unpaired) electrons. The zero-order valence-corrected chi connectivity index (χ0v) is 14.4. The second-order valence-corrected chi connectivity index (χ2v) is 7.02. The van der Waals surface area contributed by atoms with Crippen molar-refractivity contribution in [2.24, 2.45) is 5.92 Å². The van der Waals surface area contributed by atoms with Crippen molar-refractivity contribution >= 4 is 0 Å². The maximum atomic E-state index is 3.69. The van der Waals surface area contributed by atoms with Gasteiger partial charge in [-0.05, 0) is 58.6 Å². The number of benzene rings is 1. The Balaban J connectivity index is 2.12. The maximum absolute atomic E-state index is 3.69. The molecule has 0 heterocycles. The molecule has 0 amide bonds. The van der Waals surface area contributed by atoms with Crippen molar-refractivity contribution in [1.29, 1.82) is 0 Å². The molecule has 118 valence electrons. The van der Waals surface area contributed by atoms with Crippen LogP contribution >= 0.6 is 0 Å². The summed E-state index contributed by atoms with van der Waals surface area (Å²) in [6.45, 7) is 14.7. The Morgan fingerprint density at radius 1 is 1.14 bits per heavy atom. The first-order chi connectivity index (χ1) is 9.99. The lowest BCUT2D eigenvalue weighted by Crippen LogP contribution is -2.40. The van der Waals surface area contributed by atoms with Crippen LogP contribution < -0.4 is 5.32 Å². The van der Waals surface area contributed by atoms with Crippen molar-refractivity contribution in [2.45, 2.75) is 59.5 Å². The minimum Gasteiger partial charge on any atom is -0.309 e. The highest BCUT2D eigenvalue weighted by Crippen LogP contribution is 2.31. The Hall–Kier alpha value is -0.860. The van der Waals surface area contributed by atoms with Gasteiger partial charge in [-0.25, -0.2) is 0 Å². The van der Waals surface area contributed by atoms with Crippen LogP contribution in [-0.4, -0.2) is 30.6 Å². The Bertz CT molecular complexity index is 429. The number of likely N-dealkylation sites (N-methyl/N-ethyl adjacent to an activating group) is 1. The highest BCUT2D eigenvalue weighted by atomic mass is 15.2. The molecule has 1 aromatic rings. The molecule has 2 rings (SSSR count). The van der Waals surface area contributed by atoms with Gasteiger partial charge in [0.2, 0.25) is 0 Å². The third kappa shape index (κ3) is 5.12. The molecule has 1 aliphatic rings. The van der Waals surface area contributed by atoms with Crippen LogP contribution in [0.15, 0.2) is 18.2 Å². The van der Waals surface area contributed by atoms with Gasteiger partial charge in [0.25, 0.3) is 0 Å². The Morgan fingerprint density at radius 3 is 2.24 bits per heavy atom. The first-order valence-corrected chi connectivity index (χ1v) is 8.55. The van der Waals surface area contributed by atoms with Gasteiger partial charge in [0.15, 0.2) is 0 Å². The van der Waals surface area contributed by atoms with Crippen LogP contribution in [-0.2, 0) is 0 Å². The van der Waals surface area contributed by atoms with E-state index < -0.39 is 0 Å². The summed E-state index contributed by atoms with van der Waals surface area (Å²) in [5, 5.41) is 3.69. The van der Waals surface area contributed by atoms with E-state index in [1.165, 1.54) is 36.1 Å². The third-order valence-corrected chi connectivity index (χ3v) is 4.43. The SMILES string of the molecule is CCNC(CN(CC1CC1)C(C)C)c1cc(C)cc(C)c1. The molecular weight excluding hydrogens is 256 g/mol. The lowest BCUT2D eigenvalue weighted by molar-refractivity contribution is 0.190. The van der Waals surface area contributed by atoms with Crippen LogP contribution in [0.2, 0.25) is 0 Å². The smallest absolute Gasteiger partial charge is 0.0449 e. The van der Waals surface area contributed by atoms with Crippen molar-refractivity contribution in [1.82, 2.24) is 10.2 Å². The molecule has 1 atom stereocenters. The second kappa shape index (κ2) is 7.42. The van der Waals surface area contributed by atoms with E-state index in [-0.39, 0.29) is 0 Å². The summed E-state index contributed by atoms with van der Waals surface area (Å²) in [7, 11) is 0. The van der Waals surface area contributed by atoms with Crippen molar-refractivity contribution in [2.75, 3.05) is 19.6 Å². The number of nitrogens with zero attached hydrogens (tertiary/aromatic N) is 1. The van der Waals surface area contributed by atoms with Crippen LogP contribution in [0.5, 0.6) is 0 Å². The van der Waals surface area contributed by atoms with Gasteiger partial charge in [-0.2, -0.15) is 0 Å². The predicted octanol–water partition coefficient (Wildman–Crippen LogP) is 4.07. The molecule has 2 nitrogen and oxygen atoms in total.